The lowest BCUT2D eigenvalue weighted by Crippen LogP contribution is -2.08. The summed E-state index contributed by atoms with van der Waals surface area (Å²) in [5, 5.41) is 6.19. The van der Waals surface area contributed by atoms with Crippen LogP contribution in [0.25, 0.3) is 11.3 Å². The van der Waals surface area contributed by atoms with E-state index in [4.69, 9.17) is 4.74 Å². The van der Waals surface area contributed by atoms with Crippen LogP contribution in [0.3, 0.4) is 0 Å². The molecule has 0 aliphatic heterocycles. The fourth-order valence-corrected chi connectivity index (χ4v) is 3.12. The summed E-state index contributed by atoms with van der Waals surface area (Å²) in [5.41, 5.74) is -0.570. The van der Waals surface area contributed by atoms with Crippen LogP contribution in [0.15, 0.2) is 36.0 Å². The van der Waals surface area contributed by atoms with E-state index in [1.807, 2.05) is 0 Å². The van der Waals surface area contributed by atoms with Crippen LogP contribution in [0.2, 0.25) is 0 Å². The van der Waals surface area contributed by atoms with Crippen LogP contribution in [0.1, 0.15) is 27.9 Å². The van der Waals surface area contributed by atoms with Gasteiger partial charge >= 0.3 is 12.1 Å². The average Bonchev–Trinajstić information content (AvgIpc) is 3.25. The van der Waals surface area contributed by atoms with E-state index in [0.29, 0.717) is 16.3 Å². The molecule has 0 saturated heterocycles. The van der Waals surface area contributed by atoms with Crippen molar-refractivity contribution >= 4 is 17.3 Å². The van der Waals surface area contributed by atoms with Gasteiger partial charge in [0.25, 0.3) is 0 Å². The first-order valence-electron chi connectivity index (χ1n) is 7.79. The molecule has 27 heavy (non-hydrogen) atoms. The Bertz CT molecular complexity index is 965. The summed E-state index contributed by atoms with van der Waals surface area (Å²) < 4.78 is 58.3. The number of hydrogen-bond acceptors (Lipinski definition) is 5. The van der Waals surface area contributed by atoms with Gasteiger partial charge in [-0.2, -0.15) is 18.3 Å². The zero-order valence-corrected chi connectivity index (χ0v) is 14.8. The average molecular weight is 399 g/mol. The lowest BCUT2D eigenvalue weighted by Gasteiger charge is -2.09. The van der Waals surface area contributed by atoms with Crippen LogP contribution in [-0.4, -0.2) is 27.3 Å². The van der Waals surface area contributed by atoms with Crippen LogP contribution < -0.4 is 0 Å². The number of rotatable bonds is 5. The predicted molar refractivity (Wildman–Crippen MR) is 89.8 cm³/mol. The normalized spacial score (nSPS) is 11.6. The molecule has 0 bridgehead atoms. The monoisotopic (exact) mass is 399 g/mol. The van der Waals surface area contributed by atoms with Crippen LogP contribution in [-0.2, 0) is 17.5 Å². The Morgan fingerprint density at radius 1 is 1.33 bits per heavy atom. The molecule has 2 aromatic heterocycles. The molecule has 0 radical (unpaired) electrons. The highest BCUT2D eigenvalue weighted by Crippen LogP contribution is 2.34. The Labute approximate surface area is 155 Å². The molecule has 0 spiro atoms. The summed E-state index contributed by atoms with van der Waals surface area (Å²) in [6, 6.07) is 2.76. The van der Waals surface area contributed by atoms with Crippen molar-refractivity contribution in [2.24, 2.45) is 0 Å². The van der Waals surface area contributed by atoms with E-state index in [1.54, 1.807) is 12.3 Å². The molecule has 0 fully saturated rings. The molecule has 0 saturated carbocycles. The molecule has 10 heteroatoms. The van der Waals surface area contributed by atoms with Gasteiger partial charge in [-0.3, -0.25) is 4.68 Å². The van der Waals surface area contributed by atoms with Gasteiger partial charge in [-0.25, -0.2) is 14.2 Å². The molecule has 0 aliphatic carbocycles. The van der Waals surface area contributed by atoms with Crippen molar-refractivity contribution in [3.8, 4) is 11.3 Å². The topological polar surface area (TPSA) is 57.0 Å². The number of nitrogens with zero attached hydrogens (tertiary/aromatic N) is 3. The molecule has 5 nitrogen and oxygen atoms in total. The standard InChI is InChI=1S/C17H13F4N3O2S/c1-2-26-16(25)11-6-22-24(7-11)8-15-23-14(9-27-15)10-3-4-13(18)12(5-10)17(19,20)21/h3-7,9H,2,8H2,1H3. The van der Waals surface area contributed by atoms with Crippen molar-refractivity contribution in [2.75, 3.05) is 6.61 Å². The van der Waals surface area contributed by atoms with Gasteiger partial charge in [0.2, 0.25) is 0 Å². The van der Waals surface area contributed by atoms with E-state index in [1.165, 1.54) is 34.5 Å². The van der Waals surface area contributed by atoms with Crippen molar-refractivity contribution in [3.05, 3.63) is 57.9 Å². The van der Waals surface area contributed by atoms with E-state index in [0.717, 1.165) is 12.1 Å². The van der Waals surface area contributed by atoms with Gasteiger partial charge < -0.3 is 4.74 Å². The quantitative estimate of drug-likeness (QED) is 0.472. The summed E-state index contributed by atoms with van der Waals surface area (Å²) in [6.45, 7) is 2.17. The molecule has 142 valence electrons. The van der Waals surface area contributed by atoms with Gasteiger partial charge in [0, 0.05) is 17.1 Å². The Morgan fingerprint density at radius 3 is 2.81 bits per heavy atom. The Morgan fingerprint density at radius 2 is 2.11 bits per heavy atom. The zero-order valence-electron chi connectivity index (χ0n) is 14.0. The fraction of sp³-hybridized carbons (Fsp3) is 0.235. The molecule has 3 rings (SSSR count). The highest BCUT2D eigenvalue weighted by Gasteiger charge is 2.34. The number of alkyl halides is 3. The number of carbonyl (C=O) groups is 1. The number of carbonyl (C=O) groups excluding carboxylic acids is 1. The Balaban J connectivity index is 1.79. The lowest BCUT2D eigenvalue weighted by molar-refractivity contribution is -0.139. The van der Waals surface area contributed by atoms with Crippen LogP contribution in [0.5, 0.6) is 0 Å². The minimum absolute atomic E-state index is 0.166. The first kappa shape index (κ1) is 19.0. The van der Waals surface area contributed by atoms with Crippen LogP contribution in [0, 0.1) is 5.82 Å². The summed E-state index contributed by atoms with van der Waals surface area (Å²) in [4.78, 5) is 15.9. The predicted octanol–water partition coefficient (Wildman–Crippen LogP) is 4.39. The number of ether oxygens (including phenoxy) is 1. The highest BCUT2D eigenvalue weighted by atomic mass is 32.1. The summed E-state index contributed by atoms with van der Waals surface area (Å²) >= 11 is 1.22. The maximum absolute atomic E-state index is 13.4. The van der Waals surface area contributed by atoms with Gasteiger partial charge in [0.05, 0.1) is 36.2 Å². The van der Waals surface area contributed by atoms with E-state index in [-0.39, 0.29) is 18.7 Å². The van der Waals surface area contributed by atoms with Gasteiger partial charge in [0.15, 0.2) is 0 Å². The third kappa shape index (κ3) is 4.33. The number of thiazole rings is 1. The maximum Gasteiger partial charge on any atom is 0.419 e. The van der Waals surface area contributed by atoms with Crippen molar-refractivity contribution in [2.45, 2.75) is 19.6 Å². The molecule has 0 atom stereocenters. The van der Waals surface area contributed by atoms with Crippen molar-refractivity contribution < 1.29 is 27.1 Å². The molecule has 0 unspecified atom stereocenters. The smallest absolute Gasteiger partial charge is 0.419 e. The fourth-order valence-electron chi connectivity index (χ4n) is 2.33. The number of hydrogen-bond donors (Lipinski definition) is 0. The van der Waals surface area contributed by atoms with E-state index < -0.39 is 23.5 Å². The molecular formula is C17H13F4N3O2S. The van der Waals surface area contributed by atoms with E-state index in [2.05, 4.69) is 10.1 Å². The molecule has 0 amide bonds. The minimum atomic E-state index is -4.78. The molecule has 0 aliphatic rings. The molecular weight excluding hydrogens is 386 g/mol. The first-order chi connectivity index (χ1) is 12.8. The van der Waals surface area contributed by atoms with Gasteiger partial charge in [-0.05, 0) is 25.1 Å². The van der Waals surface area contributed by atoms with E-state index in [9.17, 15) is 22.4 Å². The van der Waals surface area contributed by atoms with Crippen molar-refractivity contribution in [1.82, 2.24) is 14.8 Å². The Kier molecular flexibility index (Phi) is 5.26. The third-order valence-electron chi connectivity index (χ3n) is 3.56. The second-order valence-corrected chi connectivity index (χ2v) is 6.41. The van der Waals surface area contributed by atoms with Crippen molar-refractivity contribution in [1.29, 1.82) is 0 Å². The molecule has 3 aromatic rings. The summed E-state index contributed by atoms with van der Waals surface area (Å²) in [6.07, 6.45) is -1.92. The van der Waals surface area contributed by atoms with Crippen LogP contribution in [0.4, 0.5) is 17.6 Å². The van der Waals surface area contributed by atoms with Gasteiger partial charge in [-0.15, -0.1) is 11.3 Å². The number of esters is 1. The highest BCUT2D eigenvalue weighted by molar-refractivity contribution is 7.09. The first-order valence-corrected chi connectivity index (χ1v) is 8.67. The molecule has 1 aromatic carbocycles. The van der Waals surface area contributed by atoms with E-state index >= 15 is 0 Å². The summed E-state index contributed by atoms with van der Waals surface area (Å²) in [5.74, 6) is -1.82. The Hall–Kier alpha value is -2.75. The maximum atomic E-state index is 13.4. The largest absolute Gasteiger partial charge is 0.462 e. The molecule has 2 heterocycles. The van der Waals surface area contributed by atoms with Crippen LogP contribution >= 0.6 is 11.3 Å². The zero-order chi connectivity index (χ0) is 19.6. The second kappa shape index (κ2) is 7.47. The minimum Gasteiger partial charge on any atom is -0.462 e. The molecule has 0 N–H and O–H groups in total. The van der Waals surface area contributed by atoms with Crippen molar-refractivity contribution in [3.63, 3.8) is 0 Å². The summed E-state index contributed by atoms with van der Waals surface area (Å²) in [7, 11) is 0. The van der Waals surface area contributed by atoms with Gasteiger partial charge in [0.1, 0.15) is 10.8 Å². The SMILES string of the molecule is CCOC(=O)c1cnn(Cc2nc(-c3ccc(F)c(C(F)(F)F)c3)cs2)c1. The lowest BCUT2D eigenvalue weighted by atomic mass is 10.1. The number of halogens is 4. The third-order valence-corrected chi connectivity index (χ3v) is 4.39. The van der Waals surface area contributed by atoms with Gasteiger partial charge in [-0.1, -0.05) is 0 Å². The number of aromatic nitrogens is 3. The second-order valence-electron chi connectivity index (χ2n) is 5.47. The number of benzene rings is 1.